The number of esters is 1. The molecule has 0 saturated carbocycles. The van der Waals surface area contributed by atoms with Gasteiger partial charge in [0.25, 0.3) is 11.8 Å². The lowest BCUT2D eigenvalue weighted by Crippen LogP contribution is -2.54. The van der Waals surface area contributed by atoms with E-state index in [2.05, 4.69) is 5.32 Å². The maximum atomic E-state index is 13.1. The van der Waals surface area contributed by atoms with Gasteiger partial charge in [-0.2, -0.15) is 0 Å². The molecule has 1 aliphatic rings. The maximum Gasteiger partial charge on any atom is 0.335 e. The minimum absolute atomic E-state index is 0.212. The van der Waals surface area contributed by atoms with Gasteiger partial charge in [0.15, 0.2) is 11.5 Å². The number of ether oxygens (including phenoxy) is 4. The zero-order valence-corrected chi connectivity index (χ0v) is 20.9. The molecule has 4 amide bonds. The first-order chi connectivity index (χ1) is 17.4. The summed E-state index contributed by atoms with van der Waals surface area (Å²) in [5, 5.41) is 2.19. The molecule has 3 rings (SSSR count). The van der Waals surface area contributed by atoms with Crippen molar-refractivity contribution in [1.82, 2.24) is 5.32 Å². The number of imide groups is 2. The number of rotatable bonds is 11. The van der Waals surface area contributed by atoms with Crippen LogP contribution in [0.1, 0.15) is 12.5 Å². The molecule has 1 saturated heterocycles. The zero-order valence-electron chi connectivity index (χ0n) is 20.1. The number of thioether (sulfide) groups is 1. The number of carbonyl (C=O) groups excluding carboxylic acids is 4. The van der Waals surface area contributed by atoms with Crippen molar-refractivity contribution >= 4 is 47.3 Å². The molecule has 0 aromatic heterocycles. The molecule has 0 unspecified atom stereocenters. The lowest BCUT2D eigenvalue weighted by Gasteiger charge is -2.26. The van der Waals surface area contributed by atoms with Gasteiger partial charge in [0.05, 0.1) is 38.9 Å². The molecule has 1 heterocycles. The number of anilines is 1. The number of nitrogens with one attached hydrogen (secondary N) is 1. The highest BCUT2D eigenvalue weighted by Crippen LogP contribution is 2.30. The number of nitrogens with zero attached hydrogens (tertiary/aromatic N) is 1. The van der Waals surface area contributed by atoms with Crippen LogP contribution in [0.15, 0.2) is 48.0 Å². The average molecular weight is 515 g/mol. The summed E-state index contributed by atoms with van der Waals surface area (Å²) < 4.78 is 21.1. The monoisotopic (exact) mass is 514 g/mol. The standard InChI is InChI=1S/C25H26N2O8S/c1-4-34-22(28)15-36-12-11-35-20-10-5-16(14-21(20)33-3)13-19-23(29)26-25(31)27(24(19)30)17-6-8-18(32-2)9-7-17/h5-10,13-14H,4,11-12,15H2,1-3H3,(H,26,29,31)/b19-13+. The maximum absolute atomic E-state index is 13.1. The Hall–Kier alpha value is -3.99. The van der Waals surface area contributed by atoms with Crippen LogP contribution in [0.5, 0.6) is 17.2 Å². The first-order valence-electron chi connectivity index (χ1n) is 11.0. The summed E-state index contributed by atoms with van der Waals surface area (Å²) in [7, 11) is 2.97. The van der Waals surface area contributed by atoms with E-state index in [1.165, 1.54) is 32.1 Å². The summed E-state index contributed by atoms with van der Waals surface area (Å²) in [4.78, 5) is 50.2. The summed E-state index contributed by atoms with van der Waals surface area (Å²) in [6.07, 6.45) is 1.38. The van der Waals surface area contributed by atoms with Crippen LogP contribution >= 0.6 is 11.8 Å². The fourth-order valence-electron chi connectivity index (χ4n) is 3.25. The molecule has 0 atom stereocenters. The molecule has 2 aromatic rings. The molecule has 0 radical (unpaired) electrons. The Balaban J connectivity index is 1.72. The van der Waals surface area contributed by atoms with Crippen molar-refractivity contribution < 1.29 is 38.1 Å². The second-order valence-electron chi connectivity index (χ2n) is 7.27. The highest BCUT2D eigenvalue weighted by atomic mass is 32.2. The normalized spacial score (nSPS) is 14.5. The topological polar surface area (TPSA) is 120 Å². The van der Waals surface area contributed by atoms with Gasteiger partial charge >= 0.3 is 12.0 Å². The lowest BCUT2D eigenvalue weighted by molar-refractivity contribution is -0.139. The fraction of sp³-hybridized carbons (Fsp3) is 0.280. The van der Waals surface area contributed by atoms with Gasteiger partial charge in [-0.3, -0.25) is 19.7 Å². The SMILES string of the molecule is CCOC(=O)CSCCOc1ccc(/C=C2\C(=O)NC(=O)N(c3ccc(OC)cc3)C2=O)cc1OC. The van der Waals surface area contributed by atoms with Gasteiger partial charge in [0.1, 0.15) is 11.3 Å². The van der Waals surface area contributed by atoms with E-state index in [0.717, 1.165) is 4.90 Å². The molecular weight excluding hydrogens is 488 g/mol. The number of carbonyl (C=O) groups is 4. The van der Waals surface area contributed by atoms with Crippen LogP contribution in [0.3, 0.4) is 0 Å². The molecule has 11 heteroatoms. The summed E-state index contributed by atoms with van der Waals surface area (Å²) in [5.74, 6) is 0.398. The molecular formula is C25H26N2O8S. The summed E-state index contributed by atoms with van der Waals surface area (Å²) >= 11 is 1.39. The van der Waals surface area contributed by atoms with Crippen LogP contribution in [0.4, 0.5) is 10.5 Å². The van der Waals surface area contributed by atoms with Crippen LogP contribution < -0.4 is 24.4 Å². The third kappa shape index (κ3) is 6.57. The number of methoxy groups -OCH3 is 2. The highest BCUT2D eigenvalue weighted by molar-refractivity contribution is 7.99. The minimum Gasteiger partial charge on any atom is -0.497 e. The number of hydrogen-bond donors (Lipinski definition) is 1. The van der Waals surface area contributed by atoms with E-state index in [1.54, 1.807) is 49.4 Å². The van der Waals surface area contributed by atoms with Gasteiger partial charge in [-0.05, 0) is 55.0 Å². The van der Waals surface area contributed by atoms with Crippen molar-refractivity contribution in [1.29, 1.82) is 0 Å². The van der Waals surface area contributed by atoms with Crippen LogP contribution in [-0.2, 0) is 19.1 Å². The Bertz CT molecular complexity index is 1160. The predicted octanol–water partition coefficient (Wildman–Crippen LogP) is 3.05. The van der Waals surface area contributed by atoms with Gasteiger partial charge in [0.2, 0.25) is 0 Å². The third-order valence-corrected chi connectivity index (χ3v) is 5.84. The van der Waals surface area contributed by atoms with Crippen LogP contribution in [0.2, 0.25) is 0 Å². The van der Waals surface area contributed by atoms with E-state index in [0.29, 0.717) is 47.5 Å². The zero-order chi connectivity index (χ0) is 26.1. The van der Waals surface area contributed by atoms with Crippen molar-refractivity contribution in [3.05, 3.63) is 53.6 Å². The molecule has 1 fully saturated rings. The second-order valence-corrected chi connectivity index (χ2v) is 8.38. The van der Waals surface area contributed by atoms with E-state index in [9.17, 15) is 19.2 Å². The van der Waals surface area contributed by atoms with Crippen molar-refractivity contribution in [2.24, 2.45) is 0 Å². The van der Waals surface area contributed by atoms with E-state index in [-0.39, 0.29) is 17.3 Å². The number of benzene rings is 2. The van der Waals surface area contributed by atoms with Gasteiger partial charge in [0, 0.05) is 5.75 Å². The van der Waals surface area contributed by atoms with E-state index in [4.69, 9.17) is 18.9 Å². The Kier molecular flexibility index (Phi) is 9.34. The van der Waals surface area contributed by atoms with Crippen molar-refractivity contribution in [2.75, 3.05) is 43.8 Å². The Morgan fingerprint density at radius 3 is 2.44 bits per heavy atom. The van der Waals surface area contributed by atoms with Crippen molar-refractivity contribution in [2.45, 2.75) is 6.92 Å². The molecule has 0 bridgehead atoms. The summed E-state index contributed by atoms with van der Waals surface area (Å²) in [6.45, 7) is 2.43. The first-order valence-corrected chi connectivity index (χ1v) is 12.1. The van der Waals surface area contributed by atoms with Crippen molar-refractivity contribution in [3.8, 4) is 17.2 Å². The average Bonchev–Trinajstić information content (AvgIpc) is 2.87. The van der Waals surface area contributed by atoms with Crippen LogP contribution in [0, 0.1) is 0 Å². The smallest absolute Gasteiger partial charge is 0.335 e. The number of hydrogen-bond acceptors (Lipinski definition) is 9. The van der Waals surface area contributed by atoms with Gasteiger partial charge < -0.3 is 18.9 Å². The highest BCUT2D eigenvalue weighted by Gasteiger charge is 2.36. The van der Waals surface area contributed by atoms with Crippen LogP contribution in [0.25, 0.3) is 6.08 Å². The minimum atomic E-state index is -0.838. The molecule has 2 aromatic carbocycles. The predicted molar refractivity (Wildman–Crippen MR) is 134 cm³/mol. The van der Waals surface area contributed by atoms with E-state index in [1.807, 2.05) is 0 Å². The Morgan fingerprint density at radius 1 is 1.03 bits per heavy atom. The third-order valence-electron chi connectivity index (χ3n) is 4.94. The molecule has 10 nitrogen and oxygen atoms in total. The summed E-state index contributed by atoms with van der Waals surface area (Å²) in [5.41, 5.74) is 0.578. The molecule has 0 spiro atoms. The number of urea groups is 1. The van der Waals surface area contributed by atoms with Gasteiger partial charge in [-0.15, -0.1) is 11.8 Å². The molecule has 190 valence electrons. The fourth-order valence-corrected chi connectivity index (χ4v) is 3.85. The number of amides is 4. The molecule has 1 aliphatic heterocycles. The quantitative estimate of drug-likeness (QED) is 0.209. The number of barbiturate groups is 1. The second kappa shape index (κ2) is 12.6. The largest absolute Gasteiger partial charge is 0.497 e. The van der Waals surface area contributed by atoms with Crippen LogP contribution in [-0.4, -0.2) is 62.8 Å². The van der Waals surface area contributed by atoms with E-state index >= 15 is 0 Å². The van der Waals surface area contributed by atoms with E-state index < -0.39 is 17.8 Å². The molecule has 36 heavy (non-hydrogen) atoms. The van der Waals surface area contributed by atoms with Crippen molar-refractivity contribution in [3.63, 3.8) is 0 Å². The lowest BCUT2D eigenvalue weighted by atomic mass is 10.1. The first kappa shape index (κ1) is 26.6. The van der Waals surface area contributed by atoms with Gasteiger partial charge in [-0.1, -0.05) is 6.07 Å². The Morgan fingerprint density at radius 2 is 1.78 bits per heavy atom. The Labute approximate surface area is 212 Å². The summed E-state index contributed by atoms with van der Waals surface area (Å²) in [6, 6.07) is 10.4. The molecule has 1 N–H and O–H groups in total. The molecule has 0 aliphatic carbocycles. The van der Waals surface area contributed by atoms with Gasteiger partial charge in [-0.25, -0.2) is 9.69 Å².